The second kappa shape index (κ2) is 16.5. The Labute approximate surface area is 409 Å². The van der Waals surface area contributed by atoms with E-state index in [-0.39, 0.29) is 5.41 Å². The van der Waals surface area contributed by atoms with Gasteiger partial charge >= 0.3 is 0 Å². The van der Waals surface area contributed by atoms with Crippen LogP contribution in [0.1, 0.15) is 47.2 Å². The molecule has 0 saturated carbocycles. The van der Waals surface area contributed by atoms with Gasteiger partial charge in [0, 0.05) is 38.7 Å². The monoisotopic (exact) mass is 895 g/mol. The Bertz CT molecular complexity index is 3790. The molecular formula is C68H49NO. The Kier molecular flexibility index (Phi) is 9.78. The molecule has 0 bridgehead atoms. The highest BCUT2D eigenvalue weighted by Crippen LogP contribution is 2.53. The van der Waals surface area contributed by atoms with Gasteiger partial charge in [-0.25, -0.2) is 0 Å². The summed E-state index contributed by atoms with van der Waals surface area (Å²) >= 11 is 0. The molecule has 0 aliphatic heterocycles. The Morgan fingerprint density at radius 1 is 0.371 bits per heavy atom. The largest absolute Gasteiger partial charge is 0.455 e. The van der Waals surface area contributed by atoms with Gasteiger partial charge < -0.3 is 9.32 Å². The van der Waals surface area contributed by atoms with Gasteiger partial charge in [-0.05, 0) is 103 Å². The lowest BCUT2D eigenvalue weighted by Gasteiger charge is -2.37. The first-order chi connectivity index (χ1) is 34.5. The molecule has 0 N–H and O–H groups in total. The lowest BCUT2D eigenvalue weighted by Crippen LogP contribution is -2.31. The van der Waals surface area contributed by atoms with Gasteiger partial charge in [-0.3, -0.25) is 0 Å². The highest BCUT2D eigenvalue weighted by molar-refractivity contribution is 6.10. The number of rotatable bonds is 9. The number of benzene rings is 11. The summed E-state index contributed by atoms with van der Waals surface area (Å²) in [4.78, 5) is 2.48. The summed E-state index contributed by atoms with van der Waals surface area (Å²) in [5, 5.41) is 4.64. The van der Waals surface area contributed by atoms with Gasteiger partial charge in [-0.2, -0.15) is 0 Å². The van der Waals surface area contributed by atoms with Gasteiger partial charge in [0.25, 0.3) is 0 Å². The zero-order chi connectivity index (χ0) is 46.8. The normalized spacial score (nSPS) is 12.8. The number of fused-ring (bicyclic) bond motifs is 7. The van der Waals surface area contributed by atoms with Crippen LogP contribution in [0, 0.1) is 0 Å². The highest BCUT2D eigenvalue weighted by atomic mass is 16.3. The van der Waals surface area contributed by atoms with Crippen LogP contribution < -0.4 is 4.90 Å². The van der Waals surface area contributed by atoms with E-state index in [1.807, 2.05) is 6.07 Å². The van der Waals surface area contributed by atoms with Crippen molar-refractivity contribution in [2.24, 2.45) is 0 Å². The number of furan rings is 1. The molecule has 0 unspecified atom stereocenters. The summed E-state index contributed by atoms with van der Waals surface area (Å²) in [7, 11) is 0. The molecule has 1 aliphatic rings. The van der Waals surface area contributed by atoms with Crippen LogP contribution in [0.3, 0.4) is 0 Å². The summed E-state index contributed by atoms with van der Waals surface area (Å²) in [6, 6.07) is 95.6. The van der Waals surface area contributed by atoms with E-state index < -0.39 is 5.41 Å². The van der Waals surface area contributed by atoms with Crippen LogP contribution in [-0.4, -0.2) is 0 Å². The van der Waals surface area contributed by atoms with Gasteiger partial charge in [-0.1, -0.05) is 238 Å². The number of anilines is 3. The molecule has 0 fully saturated rings. The molecule has 0 saturated heterocycles. The van der Waals surface area contributed by atoms with Gasteiger partial charge in [0.2, 0.25) is 0 Å². The molecule has 0 atom stereocenters. The fraction of sp³-hybridized carbons (Fsp3) is 0.0588. The zero-order valence-corrected chi connectivity index (χ0v) is 39.2. The number of nitrogens with zero attached hydrogens (tertiary/aromatic N) is 1. The molecular weight excluding hydrogens is 847 g/mol. The standard InChI is InChI=1S/C68H49NO/c1-67(2)61-31-16-14-27-57(61)60-45-54(42-43-62(60)67)69(53-40-38-52(39-41-53)68(49-20-6-3-7-21-49,50-22-8-4-9-23-50)51-24-10-5-11-25-51)63-44-37-46-19-12-13-26-55(46)65(63)48-35-33-47(34-36-48)56-29-18-30-59-58-28-15-17-32-64(58)70-66(56)59/h3-45H,1-2H3. The van der Waals surface area contributed by atoms with Gasteiger partial charge in [0.05, 0.1) is 11.1 Å². The minimum absolute atomic E-state index is 0.116. The molecule has 12 aromatic rings. The molecule has 11 aromatic carbocycles. The van der Waals surface area contributed by atoms with Gasteiger partial charge in [-0.15, -0.1) is 0 Å². The van der Waals surface area contributed by atoms with Crippen molar-refractivity contribution in [2.45, 2.75) is 24.7 Å². The van der Waals surface area contributed by atoms with Crippen molar-refractivity contribution < 1.29 is 4.42 Å². The van der Waals surface area contributed by atoms with Crippen LogP contribution >= 0.6 is 0 Å². The van der Waals surface area contributed by atoms with E-state index in [0.29, 0.717) is 0 Å². The Morgan fingerprint density at radius 2 is 0.900 bits per heavy atom. The van der Waals surface area contributed by atoms with E-state index in [1.165, 1.54) is 60.8 Å². The maximum Gasteiger partial charge on any atom is 0.143 e. The molecule has 0 radical (unpaired) electrons. The van der Waals surface area contributed by atoms with Crippen molar-refractivity contribution in [3.63, 3.8) is 0 Å². The molecule has 70 heavy (non-hydrogen) atoms. The molecule has 1 heterocycles. The second-order valence-corrected chi connectivity index (χ2v) is 19.2. The van der Waals surface area contributed by atoms with Crippen molar-refractivity contribution in [3.05, 3.63) is 294 Å². The van der Waals surface area contributed by atoms with Crippen molar-refractivity contribution in [3.8, 4) is 33.4 Å². The first-order valence-electron chi connectivity index (χ1n) is 24.3. The number of para-hydroxylation sites is 2. The zero-order valence-electron chi connectivity index (χ0n) is 39.2. The van der Waals surface area contributed by atoms with Crippen LogP contribution in [0.5, 0.6) is 0 Å². The average Bonchev–Trinajstić information content (AvgIpc) is 3.92. The van der Waals surface area contributed by atoms with E-state index in [0.717, 1.165) is 55.7 Å². The third kappa shape index (κ3) is 6.48. The summed E-state index contributed by atoms with van der Waals surface area (Å²) in [6.07, 6.45) is 0. The fourth-order valence-electron chi connectivity index (χ4n) is 11.7. The second-order valence-electron chi connectivity index (χ2n) is 19.2. The Balaban J connectivity index is 1.02. The van der Waals surface area contributed by atoms with Crippen molar-refractivity contribution >= 4 is 49.8 Å². The lowest BCUT2D eigenvalue weighted by atomic mass is 9.65. The first kappa shape index (κ1) is 41.5. The predicted octanol–water partition coefficient (Wildman–Crippen LogP) is 18.2. The van der Waals surface area contributed by atoms with Crippen LogP contribution in [0.4, 0.5) is 17.1 Å². The molecule has 0 amide bonds. The van der Waals surface area contributed by atoms with Gasteiger partial charge in [0.1, 0.15) is 11.2 Å². The van der Waals surface area contributed by atoms with E-state index >= 15 is 0 Å². The molecule has 332 valence electrons. The van der Waals surface area contributed by atoms with E-state index in [1.54, 1.807) is 0 Å². The van der Waals surface area contributed by atoms with Crippen LogP contribution in [-0.2, 0) is 10.8 Å². The quantitative estimate of drug-likeness (QED) is 0.134. The van der Waals surface area contributed by atoms with E-state index in [4.69, 9.17) is 4.42 Å². The predicted molar refractivity (Wildman–Crippen MR) is 293 cm³/mol. The molecule has 1 aliphatic carbocycles. The van der Waals surface area contributed by atoms with Crippen molar-refractivity contribution in [2.75, 3.05) is 4.90 Å². The number of hydrogen-bond donors (Lipinski definition) is 0. The van der Waals surface area contributed by atoms with Crippen LogP contribution in [0.25, 0.3) is 66.1 Å². The topological polar surface area (TPSA) is 16.4 Å². The average molecular weight is 896 g/mol. The lowest BCUT2D eigenvalue weighted by molar-refractivity contribution is 0.660. The Morgan fingerprint density at radius 3 is 1.60 bits per heavy atom. The molecule has 1 aromatic heterocycles. The summed E-state index contributed by atoms with van der Waals surface area (Å²) < 4.78 is 6.52. The molecule has 2 heteroatoms. The fourth-order valence-corrected chi connectivity index (χ4v) is 11.7. The SMILES string of the molecule is CC1(C)c2ccccc2-c2cc(N(c3ccc(C(c4ccccc4)(c4ccccc4)c4ccccc4)cc3)c3ccc4ccccc4c3-c3ccc(-c4cccc5c4oc4ccccc45)cc3)ccc21. The smallest absolute Gasteiger partial charge is 0.143 e. The maximum atomic E-state index is 6.52. The summed E-state index contributed by atoms with van der Waals surface area (Å²) in [5.74, 6) is 0. The minimum Gasteiger partial charge on any atom is -0.455 e. The molecule has 0 spiro atoms. The van der Waals surface area contributed by atoms with Crippen LogP contribution in [0.15, 0.2) is 265 Å². The Hall–Kier alpha value is -8.72. The van der Waals surface area contributed by atoms with Crippen molar-refractivity contribution in [1.29, 1.82) is 0 Å². The van der Waals surface area contributed by atoms with E-state index in [9.17, 15) is 0 Å². The molecule has 13 rings (SSSR count). The maximum absolute atomic E-state index is 6.52. The molecule has 2 nitrogen and oxygen atoms in total. The van der Waals surface area contributed by atoms with E-state index in [2.05, 4.69) is 274 Å². The highest BCUT2D eigenvalue weighted by Gasteiger charge is 2.39. The summed E-state index contributed by atoms with van der Waals surface area (Å²) in [5.41, 5.74) is 19.0. The third-order valence-electron chi connectivity index (χ3n) is 15.0. The number of hydrogen-bond acceptors (Lipinski definition) is 2. The van der Waals surface area contributed by atoms with Gasteiger partial charge in [0.15, 0.2) is 0 Å². The van der Waals surface area contributed by atoms with Crippen molar-refractivity contribution in [1.82, 2.24) is 0 Å². The summed E-state index contributed by atoms with van der Waals surface area (Å²) in [6.45, 7) is 4.71. The third-order valence-corrected chi connectivity index (χ3v) is 15.0. The first-order valence-corrected chi connectivity index (χ1v) is 24.3. The van der Waals surface area contributed by atoms with Crippen LogP contribution in [0.2, 0.25) is 0 Å². The minimum atomic E-state index is -0.571.